The third-order valence-corrected chi connectivity index (χ3v) is 19.8. The summed E-state index contributed by atoms with van der Waals surface area (Å²) in [6, 6.07) is 140. The number of nitrogens with zero attached hydrogens (tertiary/aromatic N) is 3. The van der Waals surface area contributed by atoms with Gasteiger partial charge in [-0.3, -0.25) is 0 Å². The van der Waals surface area contributed by atoms with Gasteiger partial charge in [-0.2, -0.15) is 0 Å². The van der Waals surface area contributed by atoms with Crippen LogP contribution in [0.5, 0.6) is 0 Å². The lowest BCUT2D eigenvalue weighted by Gasteiger charge is -2.34. The van der Waals surface area contributed by atoms with Crippen molar-refractivity contribution in [2.45, 2.75) is 19.3 Å². The van der Waals surface area contributed by atoms with Crippen molar-refractivity contribution in [1.82, 2.24) is 0 Å². The molecule has 0 saturated heterocycles. The summed E-state index contributed by atoms with van der Waals surface area (Å²) in [5.41, 5.74) is 28.3. The lowest BCUT2D eigenvalue weighted by molar-refractivity contribution is 0.661. The molecule has 98 heavy (non-hydrogen) atoms. The second kappa shape index (κ2) is 25.3. The van der Waals surface area contributed by atoms with Crippen LogP contribution in [0.1, 0.15) is 25.0 Å². The van der Waals surface area contributed by atoms with Crippen molar-refractivity contribution >= 4 is 72.7 Å². The predicted octanol–water partition coefficient (Wildman–Crippen LogP) is 26.7. The first-order valence-electron chi connectivity index (χ1n) is 33.9. The van der Waals surface area contributed by atoms with Gasteiger partial charge in [0.25, 0.3) is 0 Å². The maximum atomic E-state index is 2.57. The Morgan fingerprint density at radius 2 is 0.398 bits per heavy atom. The van der Waals surface area contributed by atoms with E-state index in [0.29, 0.717) is 0 Å². The summed E-state index contributed by atoms with van der Waals surface area (Å²) in [5.74, 6) is 0. The topological polar surface area (TPSA) is 9.72 Å². The van der Waals surface area contributed by atoms with E-state index in [1.54, 1.807) is 0 Å². The van der Waals surface area contributed by atoms with Gasteiger partial charge < -0.3 is 14.7 Å². The molecule has 0 unspecified atom stereocenters. The molecule has 16 aromatic rings. The smallest absolute Gasteiger partial charge is 0.0620 e. The summed E-state index contributed by atoms with van der Waals surface area (Å²) in [4.78, 5) is 7.47. The third-order valence-electron chi connectivity index (χ3n) is 19.8. The van der Waals surface area contributed by atoms with Gasteiger partial charge in [-0.05, 0) is 186 Å². The summed E-state index contributed by atoms with van der Waals surface area (Å²) in [7, 11) is 0. The predicted molar refractivity (Wildman–Crippen MR) is 416 cm³/mol. The molecule has 17 rings (SSSR count). The first-order valence-corrected chi connectivity index (χ1v) is 33.9. The second-order valence-electron chi connectivity index (χ2n) is 26.0. The Morgan fingerprint density at radius 1 is 0.173 bits per heavy atom. The van der Waals surface area contributed by atoms with Gasteiger partial charge in [-0.15, -0.1) is 0 Å². The maximum Gasteiger partial charge on any atom is 0.0620 e. The number of rotatable bonds is 15. The van der Waals surface area contributed by atoms with Crippen LogP contribution in [0.15, 0.2) is 382 Å². The molecule has 0 radical (unpaired) electrons. The Labute approximate surface area is 574 Å². The monoisotopic (exact) mass is 1250 g/mol. The van der Waals surface area contributed by atoms with Crippen LogP contribution >= 0.6 is 0 Å². The van der Waals surface area contributed by atoms with E-state index in [1.807, 2.05) is 0 Å². The van der Waals surface area contributed by atoms with Gasteiger partial charge >= 0.3 is 0 Å². The molecular formula is C95H69N3. The van der Waals surface area contributed by atoms with Crippen LogP contribution in [0.3, 0.4) is 0 Å². The highest BCUT2D eigenvalue weighted by Crippen LogP contribution is 2.58. The zero-order valence-corrected chi connectivity index (χ0v) is 54.7. The summed E-state index contributed by atoms with van der Waals surface area (Å²) >= 11 is 0. The minimum atomic E-state index is -0.447. The van der Waals surface area contributed by atoms with Gasteiger partial charge in [0.05, 0.1) is 11.4 Å². The number of anilines is 9. The molecule has 3 nitrogen and oxygen atoms in total. The Bertz CT molecular complexity index is 5240. The fraction of sp³-hybridized carbons (Fsp3) is 0.0316. The van der Waals surface area contributed by atoms with E-state index in [-0.39, 0.29) is 0 Å². The van der Waals surface area contributed by atoms with Gasteiger partial charge in [0.2, 0.25) is 0 Å². The highest BCUT2D eigenvalue weighted by atomic mass is 15.2. The minimum Gasteiger partial charge on any atom is -0.310 e. The molecule has 464 valence electrons. The summed E-state index contributed by atoms with van der Waals surface area (Å²) in [6.45, 7) is 4.86. The Morgan fingerprint density at radius 3 is 0.684 bits per heavy atom. The van der Waals surface area contributed by atoms with E-state index >= 15 is 0 Å². The molecule has 0 fully saturated rings. The highest BCUT2D eigenvalue weighted by Gasteiger charge is 2.38. The van der Waals surface area contributed by atoms with Gasteiger partial charge in [0.15, 0.2) is 0 Å². The van der Waals surface area contributed by atoms with Crippen LogP contribution in [0.25, 0.3) is 99.4 Å². The standard InChI is InChI=1S/C95H69N3/c1-95(2)91-63-84(96(78-49-37-72(38-50-78)66-23-9-3-10-24-66)79-51-39-73(40-52-79)67-25-11-4-12-26-67)61-62-85(91)88-64-89-90(65-92(88)95)94(98(82-57-45-76(46-58-82)70-31-17-7-18-32-70)83-59-47-77(48-60-83)71-33-19-8-20-34-71)87-36-22-21-35-86(87)93(89)97(80-53-41-74(42-54-80)68-27-13-5-14-28-68)81-55-43-75(44-56-81)69-29-15-6-16-30-69/h3-65H,1-2H3. The lowest BCUT2D eigenvalue weighted by Crippen LogP contribution is -2.17. The average Bonchev–Trinajstić information content (AvgIpc) is 1.26. The molecule has 16 aromatic carbocycles. The molecule has 0 saturated carbocycles. The van der Waals surface area contributed by atoms with E-state index in [9.17, 15) is 0 Å². The molecule has 0 amide bonds. The molecule has 0 spiro atoms. The second-order valence-corrected chi connectivity index (χ2v) is 26.0. The summed E-state index contributed by atoms with van der Waals surface area (Å²) < 4.78 is 0. The van der Waals surface area contributed by atoms with E-state index in [0.717, 1.165) is 95.0 Å². The average molecular weight is 1250 g/mol. The molecule has 1 aliphatic carbocycles. The molecule has 0 aromatic heterocycles. The van der Waals surface area contributed by atoms with Gasteiger partial charge in [0, 0.05) is 66.8 Å². The largest absolute Gasteiger partial charge is 0.310 e. The van der Waals surface area contributed by atoms with E-state index in [2.05, 4.69) is 411 Å². The van der Waals surface area contributed by atoms with Crippen LogP contribution in [-0.4, -0.2) is 0 Å². The number of hydrogen-bond acceptors (Lipinski definition) is 3. The fourth-order valence-electron chi connectivity index (χ4n) is 14.8. The molecule has 0 aliphatic heterocycles. The lowest BCUT2D eigenvalue weighted by atomic mass is 9.81. The van der Waals surface area contributed by atoms with Gasteiger partial charge in [-0.1, -0.05) is 299 Å². The van der Waals surface area contributed by atoms with Crippen LogP contribution < -0.4 is 14.7 Å². The normalized spacial score (nSPS) is 12.1. The molecule has 1 aliphatic rings. The highest BCUT2D eigenvalue weighted by molar-refractivity contribution is 6.24. The summed E-state index contributed by atoms with van der Waals surface area (Å²) in [5, 5.41) is 4.53. The molecule has 3 heteroatoms. The van der Waals surface area contributed by atoms with E-state index in [1.165, 1.54) is 66.8 Å². The van der Waals surface area contributed by atoms with Gasteiger partial charge in [0.1, 0.15) is 0 Å². The SMILES string of the molecule is CC1(C)c2cc(N(c3ccc(-c4ccccc4)cc3)c3ccc(-c4ccccc4)cc3)ccc2-c2cc3c(N(c4ccc(-c5ccccc5)cc4)c4ccc(-c5ccccc5)cc4)c4ccccc4c(N(c4ccc(-c5ccccc5)cc4)c4ccc(-c5ccccc5)cc4)c3cc21. The van der Waals surface area contributed by atoms with Crippen molar-refractivity contribution in [3.8, 4) is 77.9 Å². The Hall–Kier alpha value is -12.6. The fourth-order valence-corrected chi connectivity index (χ4v) is 14.8. The first-order chi connectivity index (χ1) is 48.4. The van der Waals surface area contributed by atoms with Crippen LogP contribution in [-0.2, 0) is 5.41 Å². The van der Waals surface area contributed by atoms with E-state index in [4.69, 9.17) is 0 Å². The zero-order valence-electron chi connectivity index (χ0n) is 54.7. The molecule has 0 heterocycles. The quantitative estimate of drug-likeness (QED) is 0.0748. The van der Waals surface area contributed by atoms with Crippen molar-refractivity contribution < 1.29 is 0 Å². The Balaban J connectivity index is 0.912. The Kier molecular flexibility index (Phi) is 15.3. The first kappa shape index (κ1) is 59.2. The third kappa shape index (κ3) is 11.0. The van der Waals surface area contributed by atoms with Crippen LogP contribution in [0.2, 0.25) is 0 Å². The van der Waals surface area contributed by atoms with Crippen molar-refractivity contribution in [2.24, 2.45) is 0 Å². The maximum absolute atomic E-state index is 2.57. The van der Waals surface area contributed by atoms with Crippen molar-refractivity contribution in [1.29, 1.82) is 0 Å². The molecular weight excluding hydrogens is 1180 g/mol. The van der Waals surface area contributed by atoms with Crippen molar-refractivity contribution in [3.63, 3.8) is 0 Å². The number of hydrogen-bond donors (Lipinski definition) is 0. The van der Waals surface area contributed by atoms with Crippen molar-refractivity contribution in [2.75, 3.05) is 14.7 Å². The molecule has 0 atom stereocenters. The van der Waals surface area contributed by atoms with Crippen LogP contribution in [0, 0.1) is 0 Å². The number of benzene rings is 16. The molecule has 0 N–H and O–H groups in total. The molecule has 0 bridgehead atoms. The van der Waals surface area contributed by atoms with Crippen LogP contribution in [0.4, 0.5) is 51.2 Å². The summed E-state index contributed by atoms with van der Waals surface area (Å²) in [6.07, 6.45) is 0. The number of fused-ring (bicyclic) bond motifs is 5. The minimum absolute atomic E-state index is 0.447. The zero-order chi connectivity index (χ0) is 65.5. The van der Waals surface area contributed by atoms with E-state index < -0.39 is 5.41 Å². The van der Waals surface area contributed by atoms with Crippen molar-refractivity contribution in [3.05, 3.63) is 393 Å². The van der Waals surface area contributed by atoms with Gasteiger partial charge in [-0.25, -0.2) is 0 Å².